The highest BCUT2D eigenvalue weighted by atomic mass is 32.1. The van der Waals surface area contributed by atoms with Gasteiger partial charge in [-0.25, -0.2) is 14.4 Å². The second-order valence-electron chi connectivity index (χ2n) is 16.8. The van der Waals surface area contributed by atoms with Gasteiger partial charge < -0.3 is 9.80 Å². The predicted molar refractivity (Wildman–Crippen MR) is 248 cm³/mol. The summed E-state index contributed by atoms with van der Waals surface area (Å²) < 4.78 is 13.3. The Morgan fingerprint density at radius 2 is 1.08 bits per heavy atom. The molecular weight excluding hydrogens is 777 g/mol. The lowest BCUT2D eigenvalue weighted by Gasteiger charge is -2.44. The van der Waals surface area contributed by atoms with Crippen LogP contribution in [0.1, 0.15) is 68.6 Å². The fourth-order valence-corrected chi connectivity index (χ4v) is 10.5. The molecule has 2 aliphatic heterocycles. The van der Waals surface area contributed by atoms with Crippen molar-refractivity contribution in [2.75, 3.05) is 9.80 Å². The summed E-state index contributed by atoms with van der Waals surface area (Å²) in [5, 5.41) is 8.96. The Morgan fingerprint density at radius 3 is 1.67 bits per heavy atom. The Morgan fingerprint density at radius 1 is 0.583 bits per heavy atom. The molecule has 0 saturated heterocycles. The maximum Gasteiger partial charge on any atom is 0.135 e. The first-order valence-corrected chi connectivity index (χ1v) is 21.4. The third kappa shape index (κ3) is 5.30. The van der Waals surface area contributed by atoms with E-state index in [0.29, 0.717) is 39.9 Å². The van der Waals surface area contributed by atoms with Crippen molar-refractivity contribution in [3.8, 4) is 33.9 Å². The number of aromatic nitrogens is 4. The summed E-state index contributed by atoms with van der Waals surface area (Å²) >= 11 is 5.36. The van der Waals surface area contributed by atoms with E-state index in [4.69, 9.17) is 15.4 Å². The zero-order valence-corrected chi connectivity index (χ0v) is 35.3. The standard InChI is InChI=1S/C50H40N8S2/c1-49(2)33-13-5-9-17-37(33)57(38-18-10-6-14-34(38)49)31-25-21-29(22-26-31)42-43(53-47-46(52-42)44(54-59)41(51)45-48(47)56-60-55-45)30-23-27-32(28-24-30)58-39-19-11-7-15-35(39)50(3,4)36-16-8-12-20-40(36)58/h5-11,13-19,21-28,51,59H,12,20H2,1-4H3. The average Bonchev–Trinajstić information content (AvgIpc) is 3.78. The van der Waals surface area contributed by atoms with Crippen LogP contribution in [0.25, 0.3) is 33.9 Å². The molecule has 4 aliphatic rings. The SMILES string of the molecule is CC1(C)C2=C(CCC=C2)N(c2ccc(-c3nc4c(nc3-c3ccc(N5c6ccccc6C(C)(C)c6ccccc65)cc3)C(=NS)C(=N)c3nsnc3-4)cc2)c2ccccc21. The summed E-state index contributed by atoms with van der Waals surface area (Å²) in [7, 11) is 0. The Labute approximate surface area is 359 Å². The average molecular weight is 817 g/mol. The van der Waals surface area contributed by atoms with Gasteiger partial charge in [-0.3, -0.25) is 5.41 Å². The molecule has 0 spiro atoms. The molecule has 60 heavy (non-hydrogen) atoms. The number of para-hydroxylation sites is 3. The van der Waals surface area contributed by atoms with Gasteiger partial charge in [-0.1, -0.05) is 119 Å². The van der Waals surface area contributed by atoms with E-state index in [9.17, 15) is 0 Å². The largest absolute Gasteiger partial charge is 0.314 e. The van der Waals surface area contributed by atoms with Crippen LogP contribution < -0.4 is 9.80 Å². The van der Waals surface area contributed by atoms with Crippen LogP contribution in [0.4, 0.5) is 28.4 Å². The molecule has 5 aromatic carbocycles. The van der Waals surface area contributed by atoms with Crippen molar-refractivity contribution in [2.45, 2.75) is 51.4 Å². The van der Waals surface area contributed by atoms with E-state index < -0.39 is 0 Å². The topological polar surface area (TPSA) is 94.2 Å². The van der Waals surface area contributed by atoms with E-state index in [0.717, 1.165) is 58.4 Å². The molecule has 0 amide bonds. The Bertz CT molecular complexity index is 2980. The quantitative estimate of drug-likeness (QED) is 0.172. The lowest BCUT2D eigenvalue weighted by atomic mass is 9.71. The Hall–Kier alpha value is -6.49. The number of hydrogen-bond acceptors (Lipinski definition) is 10. The van der Waals surface area contributed by atoms with Gasteiger partial charge in [-0.15, -0.1) is 0 Å². The smallest absolute Gasteiger partial charge is 0.135 e. The second-order valence-corrected chi connectivity index (χ2v) is 17.5. The molecule has 4 heterocycles. The van der Waals surface area contributed by atoms with E-state index in [1.807, 2.05) is 0 Å². The van der Waals surface area contributed by atoms with Gasteiger partial charge in [0.05, 0.1) is 34.5 Å². The van der Waals surface area contributed by atoms with Gasteiger partial charge in [0, 0.05) is 44.7 Å². The van der Waals surface area contributed by atoms with Crippen LogP contribution in [0.2, 0.25) is 0 Å². The summed E-state index contributed by atoms with van der Waals surface area (Å²) in [4.78, 5) is 15.4. The van der Waals surface area contributed by atoms with Crippen LogP contribution in [0.5, 0.6) is 0 Å². The van der Waals surface area contributed by atoms with Gasteiger partial charge in [0.25, 0.3) is 0 Å². The summed E-state index contributed by atoms with van der Waals surface area (Å²) in [5.41, 5.74) is 17.6. The summed E-state index contributed by atoms with van der Waals surface area (Å²) in [6.07, 6.45) is 6.61. The highest BCUT2D eigenvalue weighted by molar-refractivity contribution is 7.79. The van der Waals surface area contributed by atoms with Gasteiger partial charge in [0.15, 0.2) is 0 Å². The minimum atomic E-state index is -0.153. The minimum Gasteiger partial charge on any atom is -0.314 e. The third-order valence-electron chi connectivity index (χ3n) is 12.7. The first-order chi connectivity index (χ1) is 29.2. The van der Waals surface area contributed by atoms with E-state index in [1.54, 1.807) is 0 Å². The molecule has 0 unspecified atom stereocenters. The molecule has 292 valence electrons. The van der Waals surface area contributed by atoms with Crippen LogP contribution in [0.3, 0.4) is 0 Å². The highest BCUT2D eigenvalue weighted by Gasteiger charge is 2.39. The Balaban J connectivity index is 1.06. The van der Waals surface area contributed by atoms with Crippen LogP contribution in [-0.2, 0) is 10.8 Å². The molecule has 2 aliphatic carbocycles. The molecule has 2 aromatic heterocycles. The van der Waals surface area contributed by atoms with Crippen LogP contribution >= 0.6 is 24.5 Å². The molecule has 0 bridgehead atoms. The number of nitrogens with one attached hydrogen (secondary N) is 1. The molecule has 0 atom stereocenters. The summed E-state index contributed by atoms with van der Waals surface area (Å²) in [6, 6.07) is 43.4. The maximum absolute atomic E-state index is 8.96. The minimum absolute atomic E-state index is 0.102. The normalized spacial score (nSPS) is 17.4. The van der Waals surface area contributed by atoms with E-state index >= 15 is 0 Å². The van der Waals surface area contributed by atoms with Crippen molar-refractivity contribution in [3.05, 3.63) is 173 Å². The first-order valence-electron chi connectivity index (χ1n) is 20.2. The summed E-state index contributed by atoms with van der Waals surface area (Å²) in [5.74, 6) is 0. The zero-order chi connectivity index (χ0) is 40.9. The number of hydrogen-bond donors (Lipinski definition) is 2. The molecule has 0 saturated carbocycles. The molecule has 8 nitrogen and oxygen atoms in total. The maximum atomic E-state index is 8.96. The molecule has 10 heteroatoms. The van der Waals surface area contributed by atoms with E-state index in [2.05, 4.69) is 197 Å². The van der Waals surface area contributed by atoms with Crippen LogP contribution in [0, 0.1) is 5.41 Å². The number of allylic oxidation sites excluding steroid dienone is 4. The van der Waals surface area contributed by atoms with Crippen molar-refractivity contribution in [1.82, 2.24) is 18.7 Å². The highest BCUT2D eigenvalue weighted by Crippen LogP contribution is 2.53. The third-order valence-corrected chi connectivity index (χ3v) is 13.5. The lowest BCUT2D eigenvalue weighted by Crippen LogP contribution is -2.34. The molecular formula is C50H40N8S2. The lowest BCUT2D eigenvalue weighted by molar-refractivity contribution is 0.603. The monoisotopic (exact) mass is 816 g/mol. The number of benzene rings is 5. The van der Waals surface area contributed by atoms with E-state index in [-0.39, 0.29) is 16.5 Å². The number of rotatable bonds is 4. The number of thiol groups is 1. The molecule has 1 N–H and O–H groups in total. The van der Waals surface area contributed by atoms with Crippen molar-refractivity contribution in [1.29, 1.82) is 5.41 Å². The number of fused-ring (bicyclic) bond motifs is 6. The van der Waals surface area contributed by atoms with Gasteiger partial charge in [0.2, 0.25) is 0 Å². The molecule has 0 fully saturated rings. The fraction of sp³-hybridized carbons (Fsp3) is 0.160. The second kappa shape index (κ2) is 13.5. The van der Waals surface area contributed by atoms with Crippen LogP contribution in [-0.4, -0.2) is 30.1 Å². The van der Waals surface area contributed by atoms with Gasteiger partial charge >= 0.3 is 0 Å². The molecule has 11 rings (SSSR count). The van der Waals surface area contributed by atoms with Crippen molar-refractivity contribution >= 4 is 64.4 Å². The Kier molecular flexibility index (Phi) is 8.24. The van der Waals surface area contributed by atoms with Crippen molar-refractivity contribution in [2.24, 2.45) is 4.40 Å². The van der Waals surface area contributed by atoms with Crippen molar-refractivity contribution < 1.29 is 0 Å². The molecule has 7 aromatic rings. The number of nitrogens with zero attached hydrogens (tertiary/aromatic N) is 7. The predicted octanol–water partition coefficient (Wildman–Crippen LogP) is 12.5. The van der Waals surface area contributed by atoms with E-state index in [1.165, 1.54) is 33.6 Å². The van der Waals surface area contributed by atoms with Crippen molar-refractivity contribution in [3.63, 3.8) is 0 Å². The molecule has 0 radical (unpaired) electrons. The van der Waals surface area contributed by atoms with Gasteiger partial charge in [0.1, 0.15) is 34.2 Å². The number of anilines is 5. The fourth-order valence-electron chi connectivity index (χ4n) is 9.72. The summed E-state index contributed by atoms with van der Waals surface area (Å²) in [6.45, 7) is 9.27. The first kappa shape index (κ1) is 36.6. The van der Waals surface area contributed by atoms with Gasteiger partial charge in [-0.05, 0) is 90.4 Å². The van der Waals surface area contributed by atoms with Gasteiger partial charge in [-0.2, -0.15) is 8.75 Å². The van der Waals surface area contributed by atoms with Crippen LogP contribution in [0.15, 0.2) is 149 Å². The zero-order valence-electron chi connectivity index (χ0n) is 33.6.